The van der Waals surface area contributed by atoms with E-state index >= 15 is 0 Å². The van der Waals surface area contributed by atoms with Gasteiger partial charge in [0, 0.05) is 27.9 Å². The second-order valence-corrected chi connectivity index (χ2v) is 12.8. The number of furan rings is 1. The molecule has 2 aliphatic rings. The number of aromatic nitrogens is 2. The van der Waals surface area contributed by atoms with Crippen LogP contribution < -0.4 is 16.0 Å². The van der Waals surface area contributed by atoms with Crippen molar-refractivity contribution < 1.29 is 14.0 Å². The molecule has 0 fully saturated rings. The monoisotopic (exact) mass is 610 g/mol. The zero-order valence-electron chi connectivity index (χ0n) is 20.5. The number of benzene rings is 1. The molecule has 1 aliphatic carbocycles. The first-order chi connectivity index (χ1) is 18.2. The molecule has 38 heavy (non-hydrogen) atoms. The molecule has 1 aromatic carbocycles. The molecular formula is C26H23BrN6O3S2. The Morgan fingerprint density at radius 2 is 2.08 bits per heavy atom. The standard InChI is InChI=1S/C26H23BrN6O3S2/c1-26(2)10-17-22(18(34)11-26)21(19-4-3-9-36-19)16(12-28)23(29)33(17)24-31-32-25(38-24)37-13-20(35)30-15-7-5-14(27)6-8-15/h3-9,21H,10-11,13,29H2,1-2H3,(H,30,35). The number of nitrogens with two attached hydrogens (primary N) is 1. The number of allylic oxidation sites excluding steroid dienone is 3. The van der Waals surface area contributed by atoms with Gasteiger partial charge in [-0.15, -0.1) is 10.2 Å². The highest BCUT2D eigenvalue weighted by Gasteiger charge is 2.46. The zero-order valence-corrected chi connectivity index (χ0v) is 23.7. The third kappa shape index (κ3) is 5.14. The smallest absolute Gasteiger partial charge is 0.234 e. The van der Waals surface area contributed by atoms with Gasteiger partial charge in [-0.3, -0.25) is 14.5 Å². The molecule has 3 aromatic rings. The molecule has 3 heterocycles. The predicted molar refractivity (Wildman–Crippen MR) is 149 cm³/mol. The summed E-state index contributed by atoms with van der Waals surface area (Å²) in [4.78, 5) is 27.6. The van der Waals surface area contributed by atoms with E-state index in [1.807, 2.05) is 38.1 Å². The quantitative estimate of drug-likeness (QED) is 0.343. The van der Waals surface area contributed by atoms with Gasteiger partial charge >= 0.3 is 0 Å². The fourth-order valence-corrected chi connectivity index (χ4v) is 6.62. The highest BCUT2D eigenvalue weighted by Crippen LogP contribution is 2.50. The van der Waals surface area contributed by atoms with Crippen molar-refractivity contribution in [2.24, 2.45) is 11.1 Å². The van der Waals surface area contributed by atoms with Crippen LogP contribution in [0.3, 0.4) is 0 Å². The molecule has 0 radical (unpaired) electrons. The lowest BCUT2D eigenvalue weighted by Crippen LogP contribution is -2.42. The minimum absolute atomic E-state index is 0.0494. The molecule has 194 valence electrons. The van der Waals surface area contributed by atoms with Crippen LogP contribution in [-0.2, 0) is 9.59 Å². The number of carbonyl (C=O) groups is 2. The first-order valence-corrected chi connectivity index (χ1v) is 14.3. The SMILES string of the molecule is CC1(C)CC(=O)C2=C(C1)N(c1nnc(SCC(=O)Nc3ccc(Br)cc3)s1)C(N)=C(C#N)C2c1ccco1. The number of anilines is 2. The van der Waals surface area contributed by atoms with E-state index in [2.05, 4.69) is 37.5 Å². The number of amides is 1. The molecule has 12 heteroatoms. The first-order valence-electron chi connectivity index (χ1n) is 11.7. The van der Waals surface area contributed by atoms with E-state index in [0.717, 1.165) is 4.47 Å². The molecule has 1 unspecified atom stereocenters. The summed E-state index contributed by atoms with van der Waals surface area (Å²) in [7, 11) is 0. The van der Waals surface area contributed by atoms with Crippen molar-refractivity contribution in [2.75, 3.05) is 16.0 Å². The average molecular weight is 612 g/mol. The van der Waals surface area contributed by atoms with Gasteiger partial charge in [-0.25, -0.2) is 0 Å². The Labute approximate surface area is 235 Å². The third-order valence-electron chi connectivity index (χ3n) is 6.25. The number of halogens is 1. The fourth-order valence-electron chi connectivity index (χ4n) is 4.68. The van der Waals surface area contributed by atoms with Crippen LogP contribution in [0.25, 0.3) is 0 Å². The molecule has 9 nitrogen and oxygen atoms in total. The summed E-state index contributed by atoms with van der Waals surface area (Å²) in [6, 6.07) is 13.0. The zero-order chi connectivity index (χ0) is 27.0. The third-order valence-corrected chi connectivity index (χ3v) is 8.82. The van der Waals surface area contributed by atoms with E-state index in [0.29, 0.717) is 45.0 Å². The van der Waals surface area contributed by atoms with Crippen molar-refractivity contribution in [1.82, 2.24) is 10.2 Å². The molecule has 1 atom stereocenters. The number of nitrogens with zero attached hydrogens (tertiary/aromatic N) is 4. The highest BCUT2D eigenvalue weighted by atomic mass is 79.9. The van der Waals surface area contributed by atoms with Crippen LogP contribution in [0, 0.1) is 16.7 Å². The number of thioether (sulfide) groups is 1. The predicted octanol–water partition coefficient (Wildman–Crippen LogP) is 5.57. The lowest BCUT2D eigenvalue weighted by atomic mass is 9.69. The van der Waals surface area contributed by atoms with Crippen LogP contribution >= 0.6 is 39.0 Å². The molecule has 0 saturated carbocycles. The van der Waals surface area contributed by atoms with Gasteiger partial charge in [-0.1, -0.05) is 52.9 Å². The number of nitriles is 1. The van der Waals surface area contributed by atoms with E-state index in [1.165, 1.54) is 29.4 Å². The van der Waals surface area contributed by atoms with Gasteiger partial charge in [0.05, 0.1) is 29.6 Å². The largest absolute Gasteiger partial charge is 0.468 e. The van der Waals surface area contributed by atoms with E-state index in [9.17, 15) is 14.9 Å². The Bertz CT molecular complexity index is 1500. The minimum atomic E-state index is -0.672. The highest BCUT2D eigenvalue weighted by molar-refractivity contribution is 9.10. The summed E-state index contributed by atoms with van der Waals surface area (Å²) in [5, 5.41) is 21.9. The minimum Gasteiger partial charge on any atom is -0.468 e. The van der Waals surface area contributed by atoms with Crippen LogP contribution in [0.4, 0.5) is 10.8 Å². The number of rotatable bonds is 6. The molecule has 1 aliphatic heterocycles. The number of Topliss-reactive ketones (excluding diaryl/α,β-unsaturated/α-hetero) is 1. The van der Waals surface area contributed by atoms with Gasteiger partial charge < -0.3 is 15.5 Å². The summed E-state index contributed by atoms with van der Waals surface area (Å²) >= 11 is 5.87. The molecule has 5 rings (SSSR count). The number of ketones is 1. The van der Waals surface area contributed by atoms with Gasteiger partial charge in [0.15, 0.2) is 10.1 Å². The van der Waals surface area contributed by atoms with Crippen LogP contribution in [0.15, 0.2) is 78.6 Å². The molecule has 0 bridgehead atoms. The normalized spacial score (nSPS) is 18.8. The van der Waals surface area contributed by atoms with Gasteiger partial charge in [-0.05, 0) is 48.2 Å². The van der Waals surface area contributed by atoms with Crippen molar-refractivity contribution in [3.63, 3.8) is 0 Å². The lowest BCUT2D eigenvalue weighted by Gasteiger charge is -2.42. The summed E-state index contributed by atoms with van der Waals surface area (Å²) in [6.45, 7) is 4.06. The Balaban J connectivity index is 1.43. The fraction of sp³-hybridized carbons (Fsp3) is 0.269. The molecular weight excluding hydrogens is 588 g/mol. The maximum Gasteiger partial charge on any atom is 0.234 e. The maximum absolute atomic E-state index is 13.5. The van der Waals surface area contributed by atoms with Crippen molar-refractivity contribution >= 4 is 61.5 Å². The van der Waals surface area contributed by atoms with Crippen LogP contribution in [0.2, 0.25) is 0 Å². The number of hydrogen-bond acceptors (Lipinski definition) is 10. The Kier molecular flexibility index (Phi) is 7.17. The van der Waals surface area contributed by atoms with Crippen molar-refractivity contribution in [1.29, 1.82) is 5.26 Å². The number of carbonyl (C=O) groups excluding carboxylic acids is 2. The Morgan fingerprint density at radius 3 is 2.76 bits per heavy atom. The van der Waals surface area contributed by atoms with E-state index < -0.39 is 5.92 Å². The Hall–Kier alpha value is -3.40. The first kappa shape index (κ1) is 26.2. The van der Waals surface area contributed by atoms with Crippen molar-refractivity contribution in [3.05, 3.63) is 75.6 Å². The summed E-state index contributed by atoms with van der Waals surface area (Å²) in [5.74, 6) is -0.0713. The molecule has 0 spiro atoms. The second-order valence-electron chi connectivity index (χ2n) is 9.69. The van der Waals surface area contributed by atoms with Gasteiger partial charge in [-0.2, -0.15) is 5.26 Å². The second kappa shape index (κ2) is 10.4. The summed E-state index contributed by atoms with van der Waals surface area (Å²) in [6.07, 6.45) is 2.42. The maximum atomic E-state index is 13.5. The summed E-state index contributed by atoms with van der Waals surface area (Å²) in [5.41, 5.74) is 8.41. The molecule has 2 aromatic heterocycles. The topological polar surface area (TPSA) is 138 Å². The number of nitrogens with one attached hydrogen (secondary N) is 1. The number of hydrogen-bond donors (Lipinski definition) is 2. The van der Waals surface area contributed by atoms with Crippen molar-refractivity contribution in [2.45, 2.75) is 36.9 Å². The van der Waals surface area contributed by atoms with Gasteiger partial charge in [0.25, 0.3) is 0 Å². The van der Waals surface area contributed by atoms with E-state index in [1.54, 1.807) is 17.0 Å². The molecule has 0 saturated heterocycles. The van der Waals surface area contributed by atoms with Crippen LogP contribution in [0.5, 0.6) is 0 Å². The average Bonchev–Trinajstić information content (AvgIpc) is 3.55. The van der Waals surface area contributed by atoms with Gasteiger partial charge in [0.2, 0.25) is 11.0 Å². The van der Waals surface area contributed by atoms with Crippen LogP contribution in [0.1, 0.15) is 38.4 Å². The van der Waals surface area contributed by atoms with Crippen molar-refractivity contribution in [3.8, 4) is 6.07 Å². The van der Waals surface area contributed by atoms with E-state index in [4.69, 9.17) is 10.2 Å². The van der Waals surface area contributed by atoms with Gasteiger partial charge in [0.1, 0.15) is 11.6 Å². The molecule has 1 amide bonds. The van der Waals surface area contributed by atoms with E-state index in [-0.39, 0.29) is 34.3 Å². The van der Waals surface area contributed by atoms with Crippen LogP contribution in [-0.4, -0.2) is 27.6 Å². The lowest BCUT2D eigenvalue weighted by molar-refractivity contribution is -0.118. The Morgan fingerprint density at radius 1 is 1.32 bits per heavy atom. The summed E-state index contributed by atoms with van der Waals surface area (Å²) < 4.78 is 7.12. The molecule has 3 N–H and O–H groups in total.